The molecule has 2 aromatic rings. The second-order valence-corrected chi connectivity index (χ2v) is 5.96. The van der Waals surface area contributed by atoms with E-state index in [1.807, 2.05) is 0 Å². The molecule has 1 saturated heterocycles. The maximum Gasteiger partial charge on any atom is 0.260 e. The Morgan fingerprint density at radius 3 is 2.87 bits per heavy atom. The van der Waals surface area contributed by atoms with E-state index in [-0.39, 0.29) is 16.5 Å². The van der Waals surface area contributed by atoms with Crippen LogP contribution in [0.3, 0.4) is 0 Å². The van der Waals surface area contributed by atoms with Crippen LogP contribution in [-0.4, -0.2) is 33.8 Å². The van der Waals surface area contributed by atoms with Crippen LogP contribution in [0.5, 0.6) is 0 Å². The molecule has 23 heavy (non-hydrogen) atoms. The van der Waals surface area contributed by atoms with Gasteiger partial charge in [0.05, 0.1) is 5.56 Å². The summed E-state index contributed by atoms with van der Waals surface area (Å²) in [5, 5.41) is 10.5. The molecule has 6 nitrogen and oxygen atoms in total. The van der Waals surface area contributed by atoms with Crippen LogP contribution in [-0.2, 0) is 7.05 Å². The van der Waals surface area contributed by atoms with Crippen molar-refractivity contribution in [2.24, 2.45) is 7.05 Å². The van der Waals surface area contributed by atoms with Gasteiger partial charge in [-0.2, -0.15) is 10.1 Å². The van der Waals surface area contributed by atoms with E-state index in [9.17, 15) is 9.18 Å². The maximum absolute atomic E-state index is 13.8. The number of carbonyl (C=O) groups excluding carboxylic acids is 1. The predicted molar refractivity (Wildman–Crippen MR) is 85.2 cm³/mol. The quantitative estimate of drug-likeness (QED) is 0.901. The van der Waals surface area contributed by atoms with Crippen molar-refractivity contribution in [3.63, 3.8) is 0 Å². The third-order valence-electron chi connectivity index (χ3n) is 3.88. The molecular formula is C15H17ClFN5O. The number of hydrogen-bond donors (Lipinski definition) is 2. The number of benzene rings is 1. The van der Waals surface area contributed by atoms with Crippen molar-refractivity contribution in [3.05, 3.63) is 40.4 Å². The number of aromatic nitrogens is 3. The zero-order valence-corrected chi connectivity index (χ0v) is 13.4. The summed E-state index contributed by atoms with van der Waals surface area (Å²) in [6.07, 6.45) is 1.92. The number of rotatable bonds is 3. The molecule has 0 saturated carbocycles. The molecule has 1 aromatic carbocycles. The van der Waals surface area contributed by atoms with E-state index in [0.29, 0.717) is 11.8 Å². The lowest BCUT2D eigenvalue weighted by Crippen LogP contribution is -2.27. The Balaban J connectivity index is 1.77. The van der Waals surface area contributed by atoms with E-state index in [1.54, 1.807) is 7.05 Å². The second-order valence-electron chi connectivity index (χ2n) is 5.52. The van der Waals surface area contributed by atoms with Gasteiger partial charge in [-0.3, -0.25) is 10.1 Å². The molecular weight excluding hydrogens is 321 g/mol. The lowest BCUT2D eigenvalue weighted by Gasteiger charge is -2.19. The first-order valence-corrected chi connectivity index (χ1v) is 7.80. The Morgan fingerprint density at radius 1 is 1.43 bits per heavy atom. The smallest absolute Gasteiger partial charge is 0.260 e. The third-order valence-corrected chi connectivity index (χ3v) is 4.12. The summed E-state index contributed by atoms with van der Waals surface area (Å²) in [4.78, 5) is 16.6. The summed E-state index contributed by atoms with van der Waals surface area (Å²) in [6, 6.07) is 3.92. The highest BCUT2D eigenvalue weighted by atomic mass is 35.5. The second kappa shape index (κ2) is 6.64. The van der Waals surface area contributed by atoms with Crippen LogP contribution in [0.25, 0.3) is 0 Å². The fourth-order valence-corrected chi connectivity index (χ4v) is 2.77. The van der Waals surface area contributed by atoms with E-state index in [2.05, 4.69) is 20.7 Å². The fraction of sp³-hybridized carbons (Fsp3) is 0.400. The van der Waals surface area contributed by atoms with Gasteiger partial charge in [0.2, 0.25) is 5.95 Å². The van der Waals surface area contributed by atoms with Gasteiger partial charge in [-0.15, -0.1) is 0 Å². The van der Waals surface area contributed by atoms with Crippen molar-refractivity contribution >= 4 is 23.5 Å². The van der Waals surface area contributed by atoms with Crippen molar-refractivity contribution in [2.75, 3.05) is 18.4 Å². The molecule has 0 unspecified atom stereocenters. The Kier molecular flexibility index (Phi) is 4.58. The van der Waals surface area contributed by atoms with Crippen LogP contribution >= 0.6 is 11.6 Å². The fourth-order valence-electron chi connectivity index (χ4n) is 2.61. The Hall–Kier alpha value is -1.99. The van der Waals surface area contributed by atoms with Gasteiger partial charge >= 0.3 is 0 Å². The standard InChI is InChI=1S/C15H17ClFN5O/c1-22-15(19-13(21-22)9-4-6-18-7-5-9)20-14(23)11-3-2-10(16)8-12(11)17/h2-3,8-9,18H,4-7H2,1H3,(H,19,20,21,23). The van der Waals surface area contributed by atoms with E-state index in [1.165, 1.54) is 16.8 Å². The van der Waals surface area contributed by atoms with Crippen LogP contribution in [0, 0.1) is 5.82 Å². The largest absolute Gasteiger partial charge is 0.317 e. The molecule has 1 amide bonds. The highest BCUT2D eigenvalue weighted by Crippen LogP contribution is 2.23. The summed E-state index contributed by atoms with van der Waals surface area (Å²) in [6.45, 7) is 1.86. The predicted octanol–water partition coefficient (Wildman–Crippen LogP) is 2.33. The van der Waals surface area contributed by atoms with E-state index >= 15 is 0 Å². The molecule has 0 bridgehead atoms. The first-order chi connectivity index (χ1) is 11.0. The number of amides is 1. The summed E-state index contributed by atoms with van der Waals surface area (Å²) in [5.41, 5.74) is -0.0826. The van der Waals surface area contributed by atoms with Crippen molar-refractivity contribution in [2.45, 2.75) is 18.8 Å². The molecule has 2 heterocycles. The third kappa shape index (κ3) is 3.51. The lowest BCUT2D eigenvalue weighted by molar-refractivity contribution is 0.102. The van der Waals surface area contributed by atoms with E-state index < -0.39 is 11.7 Å². The summed E-state index contributed by atoms with van der Waals surface area (Å²) in [7, 11) is 1.70. The van der Waals surface area contributed by atoms with Crippen molar-refractivity contribution in [3.8, 4) is 0 Å². The minimum Gasteiger partial charge on any atom is -0.317 e. The molecule has 122 valence electrons. The maximum atomic E-state index is 13.8. The highest BCUT2D eigenvalue weighted by molar-refractivity contribution is 6.30. The number of hydrogen-bond acceptors (Lipinski definition) is 4. The molecule has 2 N–H and O–H groups in total. The van der Waals surface area contributed by atoms with Gasteiger partial charge in [-0.05, 0) is 44.1 Å². The highest BCUT2D eigenvalue weighted by Gasteiger charge is 2.22. The van der Waals surface area contributed by atoms with Crippen molar-refractivity contribution < 1.29 is 9.18 Å². The van der Waals surface area contributed by atoms with Crippen LogP contribution < -0.4 is 10.6 Å². The number of aryl methyl sites for hydroxylation is 1. The number of carbonyl (C=O) groups is 1. The summed E-state index contributed by atoms with van der Waals surface area (Å²) in [5.74, 6) is 0.0430. The van der Waals surface area contributed by atoms with Gasteiger partial charge in [0.1, 0.15) is 5.82 Å². The number of nitrogens with zero attached hydrogens (tertiary/aromatic N) is 3. The number of piperidine rings is 1. The van der Waals surface area contributed by atoms with E-state index in [4.69, 9.17) is 11.6 Å². The number of nitrogens with one attached hydrogen (secondary N) is 2. The lowest BCUT2D eigenvalue weighted by atomic mass is 9.98. The molecule has 0 aliphatic carbocycles. The first kappa shape index (κ1) is 15.9. The molecule has 1 aromatic heterocycles. The van der Waals surface area contributed by atoms with Gasteiger partial charge in [-0.25, -0.2) is 9.07 Å². The van der Waals surface area contributed by atoms with Gasteiger partial charge in [0.15, 0.2) is 5.82 Å². The minimum atomic E-state index is -0.671. The van der Waals surface area contributed by atoms with Gasteiger partial charge in [-0.1, -0.05) is 11.6 Å². The average Bonchev–Trinajstić information content (AvgIpc) is 2.89. The van der Waals surface area contributed by atoms with Crippen LogP contribution in [0.15, 0.2) is 18.2 Å². The molecule has 1 aliphatic rings. The molecule has 0 atom stereocenters. The topological polar surface area (TPSA) is 71.8 Å². The van der Waals surface area contributed by atoms with Crippen LogP contribution in [0.1, 0.15) is 34.9 Å². The summed E-state index contributed by atoms with van der Waals surface area (Å²) < 4.78 is 15.3. The van der Waals surface area contributed by atoms with Gasteiger partial charge in [0, 0.05) is 18.0 Å². The zero-order valence-electron chi connectivity index (χ0n) is 12.6. The molecule has 1 aliphatic heterocycles. The van der Waals surface area contributed by atoms with Gasteiger partial charge < -0.3 is 5.32 Å². The first-order valence-electron chi connectivity index (χ1n) is 7.42. The van der Waals surface area contributed by atoms with Crippen LogP contribution in [0.4, 0.5) is 10.3 Å². The molecule has 1 fully saturated rings. The van der Waals surface area contributed by atoms with Crippen molar-refractivity contribution in [1.82, 2.24) is 20.1 Å². The zero-order chi connectivity index (χ0) is 16.4. The van der Waals surface area contributed by atoms with Crippen molar-refractivity contribution in [1.29, 1.82) is 0 Å². The number of halogens is 2. The Morgan fingerprint density at radius 2 is 2.17 bits per heavy atom. The number of anilines is 1. The molecule has 8 heteroatoms. The normalized spacial score (nSPS) is 15.6. The van der Waals surface area contributed by atoms with Gasteiger partial charge in [0.25, 0.3) is 5.91 Å². The average molecular weight is 338 g/mol. The Labute approximate surface area is 138 Å². The molecule has 3 rings (SSSR count). The minimum absolute atomic E-state index is 0.0826. The molecule has 0 spiro atoms. The van der Waals surface area contributed by atoms with E-state index in [0.717, 1.165) is 32.0 Å². The Bertz CT molecular complexity index is 727. The van der Waals surface area contributed by atoms with Crippen LogP contribution in [0.2, 0.25) is 5.02 Å². The SMILES string of the molecule is Cn1nc(C2CCNCC2)nc1NC(=O)c1ccc(Cl)cc1F. The monoisotopic (exact) mass is 337 g/mol. The summed E-state index contributed by atoms with van der Waals surface area (Å²) >= 11 is 5.69. The molecule has 0 radical (unpaired) electrons.